The van der Waals surface area contributed by atoms with E-state index < -0.39 is 29.4 Å². The molecule has 0 spiro atoms. The predicted molar refractivity (Wildman–Crippen MR) is 138 cm³/mol. The molecule has 2 aromatic heterocycles. The molecule has 5 rings (SSSR count). The molecule has 0 unspecified atom stereocenters. The van der Waals surface area contributed by atoms with Crippen LogP contribution in [0.2, 0.25) is 5.15 Å². The monoisotopic (exact) mass is 560 g/mol. The summed E-state index contributed by atoms with van der Waals surface area (Å²) in [7, 11) is 0. The van der Waals surface area contributed by atoms with Gasteiger partial charge in [-0.25, -0.2) is 18.6 Å². The molecule has 1 amide bonds. The number of nitrogens with zero attached hydrogens (tertiary/aromatic N) is 3. The molecule has 5 nitrogen and oxygen atoms in total. The number of carbonyl (C=O) groups is 1. The fourth-order valence-corrected chi connectivity index (χ4v) is 4.95. The third kappa shape index (κ3) is 5.81. The number of halogens is 6. The Labute approximate surface area is 225 Å². The van der Waals surface area contributed by atoms with Crippen LogP contribution in [0.4, 0.5) is 26.7 Å². The highest BCUT2D eigenvalue weighted by Gasteiger charge is 2.33. The van der Waals surface area contributed by atoms with Crippen molar-refractivity contribution in [1.29, 1.82) is 0 Å². The number of alkyl halides is 3. The summed E-state index contributed by atoms with van der Waals surface area (Å²) in [5.74, 6) is -1.33. The third-order valence-corrected chi connectivity index (χ3v) is 6.82. The van der Waals surface area contributed by atoms with Gasteiger partial charge in [-0.2, -0.15) is 13.2 Å². The molecular formula is C28H22ClF5N4O. The van der Waals surface area contributed by atoms with Crippen molar-refractivity contribution in [2.24, 2.45) is 0 Å². The van der Waals surface area contributed by atoms with Crippen molar-refractivity contribution >= 4 is 34.6 Å². The second-order valence-electron chi connectivity index (χ2n) is 9.19. The lowest BCUT2D eigenvalue weighted by Gasteiger charge is -2.27. The van der Waals surface area contributed by atoms with Gasteiger partial charge in [0, 0.05) is 61.5 Å². The Morgan fingerprint density at radius 3 is 2.67 bits per heavy atom. The first kappa shape index (κ1) is 26.8. The smallest absolute Gasteiger partial charge is 0.333 e. The SMILES string of the molecule is O=C(NCc1ccnc(Cl)c1)n1c2c(c3ccc(C(F)(F)F)cc31)CN(CC=Cc1ccc(F)cc1F)CC2. The van der Waals surface area contributed by atoms with Crippen molar-refractivity contribution in [2.45, 2.75) is 25.7 Å². The maximum Gasteiger partial charge on any atom is 0.416 e. The summed E-state index contributed by atoms with van der Waals surface area (Å²) < 4.78 is 69.0. The standard InChI is InChI=1S/C28H22ClF5N4O/c29-26-12-17(7-9-35-26)15-36-27(39)38-24-8-11-37(10-1-2-18-3-5-20(30)14-23(18)31)16-22(24)21-6-4-19(13-25(21)38)28(32,33)34/h1-7,9,12-14H,8,10-11,15-16H2,(H,36,39). The lowest BCUT2D eigenvalue weighted by Crippen LogP contribution is -2.34. The topological polar surface area (TPSA) is 50.2 Å². The van der Waals surface area contributed by atoms with Crippen LogP contribution in [0.1, 0.15) is 27.9 Å². The maximum absolute atomic E-state index is 13.9. The zero-order valence-corrected chi connectivity index (χ0v) is 21.2. The zero-order chi connectivity index (χ0) is 27.7. The normalized spacial score (nSPS) is 14.2. The van der Waals surface area contributed by atoms with Gasteiger partial charge in [0.25, 0.3) is 0 Å². The van der Waals surface area contributed by atoms with E-state index in [0.717, 1.165) is 23.8 Å². The second kappa shape index (κ2) is 10.8. The Bertz CT molecular complexity index is 1580. The molecule has 1 aliphatic rings. The van der Waals surface area contributed by atoms with Crippen molar-refractivity contribution in [3.8, 4) is 0 Å². The van der Waals surface area contributed by atoms with E-state index in [-0.39, 0.29) is 22.8 Å². The van der Waals surface area contributed by atoms with Crippen molar-refractivity contribution in [2.75, 3.05) is 13.1 Å². The molecule has 1 aliphatic heterocycles. The number of fused-ring (bicyclic) bond motifs is 3. The molecule has 0 atom stereocenters. The average Bonchev–Trinajstić information content (AvgIpc) is 3.21. The molecule has 0 fully saturated rings. The molecule has 0 radical (unpaired) electrons. The summed E-state index contributed by atoms with van der Waals surface area (Å²) in [6.45, 7) is 1.45. The van der Waals surface area contributed by atoms with Gasteiger partial charge in [-0.15, -0.1) is 0 Å². The highest BCUT2D eigenvalue weighted by molar-refractivity contribution is 6.29. The fourth-order valence-electron chi connectivity index (χ4n) is 4.75. The van der Waals surface area contributed by atoms with Gasteiger partial charge >= 0.3 is 12.2 Å². The van der Waals surface area contributed by atoms with E-state index >= 15 is 0 Å². The number of nitrogens with one attached hydrogen (secondary N) is 1. The molecule has 4 aromatic rings. The summed E-state index contributed by atoms with van der Waals surface area (Å²) in [5.41, 5.74) is 1.66. The van der Waals surface area contributed by atoms with E-state index in [4.69, 9.17) is 11.6 Å². The lowest BCUT2D eigenvalue weighted by molar-refractivity contribution is -0.137. The zero-order valence-electron chi connectivity index (χ0n) is 20.4. The van der Waals surface area contributed by atoms with Gasteiger partial charge in [-0.05, 0) is 47.5 Å². The van der Waals surface area contributed by atoms with Crippen LogP contribution in [0.15, 0.2) is 60.8 Å². The molecular weight excluding hydrogens is 539 g/mol. The van der Waals surface area contributed by atoms with E-state index in [9.17, 15) is 26.7 Å². The molecule has 0 bridgehead atoms. The first-order chi connectivity index (χ1) is 18.6. The Morgan fingerprint density at radius 1 is 1.10 bits per heavy atom. The number of amides is 1. The minimum absolute atomic E-state index is 0.116. The fraction of sp³-hybridized carbons (Fsp3) is 0.214. The minimum atomic E-state index is -4.57. The first-order valence-corrected chi connectivity index (χ1v) is 12.4. The molecule has 39 heavy (non-hydrogen) atoms. The van der Waals surface area contributed by atoms with Crippen LogP contribution in [0.25, 0.3) is 17.0 Å². The molecule has 0 saturated heterocycles. The molecule has 2 aromatic carbocycles. The molecule has 0 aliphatic carbocycles. The summed E-state index contributed by atoms with van der Waals surface area (Å²) in [5, 5.41) is 3.59. The van der Waals surface area contributed by atoms with Crippen LogP contribution in [0.3, 0.4) is 0 Å². The molecule has 1 N–H and O–H groups in total. The number of rotatable bonds is 5. The molecule has 202 valence electrons. The van der Waals surface area contributed by atoms with E-state index in [1.54, 1.807) is 24.3 Å². The summed E-state index contributed by atoms with van der Waals surface area (Å²) in [4.78, 5) is 19.3. The highest BCUT2D eigenvalue weighted by Crippen LogP contribution is 2.36. The molecule has 3 heterocycles. The van der Waals surface area contributed by atoms with Crippen LogP contribution >= 0.6 is 11.6 Å². The summed E-state index contributed by atoms with van der Waals surface area (Å²) in [6, 6.07) is 9.47. The van der Waals surface area contributed by atoms with Gasteiger partial charge in [0.2, 0.25) is 0 Å². The van der Waals surface area contributed by atoms with Crippen molar-refractivity contribution in [3.05, 3.63) is 106 Å². The maximum atomic E-state index is 13.9. The van der Waals surface area contributed by atoms with Crippen molar-refractivity contribution in [1.82, 2.24) is 19.8 Å². The number of hydrogen-bond acceptors (Lipinski definition) is 3. The van der Waals surface area contributed by atoms with Crippen LogP contribution in [-0.2, 0) is 25.7 Å². The number of carbonyl (C=O) groups excluding carboxylic acids is 1. The predicted octanol–water partition coefficient (Wildman–Crippen LogP) is 6.82. The average molecular weight is 561 g/mol. The van der Waals surface area contributed by atoms with Gasteiger partial charge in [-0.1, -0.05) is 29.8 Å². The lowest BCUT2D eigenvalue weighted by atomic mass is 10.0. The Morgan fingerprint density at radius 2 is 1.92 bits per heavy atom. The number of benzene rings is 2. The van der Waals surface area contributed by atoms with Gasteiger partial charge in [-0.3, -0.25) is 9.47 Å². The van der Waals surface area contributed by atoms with Gasteiger partial charge < -0.3 is 5.32 Å². The van der Waals surface area contributed by atoms with E-state index in [0.29, 0.717) is 42.7 Å². The number of pyridine rings is 1. The van der Waals surface area contributed by atoms with Crippen LogP contribution in [0.5, 0.6) is 0 Å². The number of aromatic nitrogens is 2. The van der Waals surface area contributed by atoms with Crippen molar-refractivity contribution < 1.29 is 26.7 Å². The van der Waals surface area contributed by atoms with Gasteiger partial charge in [0.15, 0.2) is 0 Å². The highest BCUT2D eigenvalue weighted by atomic mass is 35.5. The van der Waals surface area contributed by atoms with Crippen LogP contribution < -0.4 is 5.32 Å². The largest absolute Gasteiger partial charge is 0.416 e. The van der Waals surface area contributed by atoms with Crippen LogP contribution in [-0.4, -0.2) is 33.6 Å². The van der Waals surface area contributed by atoms with E-state index in [1.807, 2.05) is 4.90 Å². The van der Waals surface area contributed by atoms with Gasteiger partial charge in [0.05, 0.1) is 11.1 Å². The van der Waals surface area contributed by atoms with E-state index in [1.165, 1.54) is 29.0 Å². The number of hydrogen-bond donors (Lipinski definition) is 1. The molecule has 0 saturated carbocycles. The second-order valence-corrected chi connectivity index (χ2v) is 9.58. The van der Waals surface area contributed by atoms with Gasteiger partial charge in [0.1, 0.15) is 16.8 Å². The minimum Gasteiger partial charge on any atom is -0.333 e. The van der Waals surface area contributed by atoms with E-state index in [2.05, 4.69) is 10.3 Å². The Balaban J connectivity index is 1.43. The molecule has 11 heteroatoms. The van der Waals surface area contributed by atoms with Crippen molar-refractivity contribution in [3.63, 3.8) is 0 Å². The Kier molecular flexibility index (Phi) is 7.42. The Hall–Kier alpha value is -3.76. The summed E-state index contributed by atoms with van der Waals surface area (Å²) in [6.07, 6.45) is 0.649. The third-order valence-electron chi connectivity index (χ3n) is 6.62. The first-order valence-electron chi connectivity index (χ1n) is 12.1. The quantitative estimate of drug-likeness (QED) is 0.215. The van der Waals surface area contributed by atoms with Crippen LogP contribution in [0, 0.1) is 11.6 Å². The summed E-state index contributed by atoms with van der Waals surface area (Å²) >= 11 is 5.91.